The van der Waals surface area contributed by atoms with Gasteiger partial charge in [-0.25, -0.2) is 0 Å². The monoisotopic (exact) mass is 248 g/mol. The van der Waals surface area contributed by atoms with Crippen molar-refractivity contribution in [3.8, 4) is 0 Å². The SMILES string of the molecule is CCC1CC(CN2CCNCC2)CCO1.Cl. The second kappa shape index (κ2) is 7.49. The molecule has 0 aliphatic carbocycles. The Balaban J connectivity index is 0.00000128. The van der Waals surface area contributed by atoms with Gasteiger partial charge in [0.05, 0.1) is 6.10 Å². The average molecular weight is 249 g/mol. The van der Waals surface area contributed by atoms with Gasteiger partial charge in [-0.05, 0) is 25.2 Å². The molecular weight excluding hydrogens is 224 g/mol. The second-order valence-corrected chi connectivity index (χ2v) is 4.84. The molecule has 4 heteroatoms. The van der Waals surface area contributed by atoms with Crippen LogP contribution < -0.4 is 5.32 Å². The van der Waals surface area contributed by atoms with Crippen molar-refractivity contribution in [3.05, 3.63) is 0 Å². The Bertz CT molecular complexity index is 186. The third-order valence-corrected chi connectivity index (χ3v) is 3.66. The van der Waals surface area contributed by atoms with E-state index in [0.717, 1.165) is 12.5 Å². The van der Waals surface area contributed by atoms with Crippen molar-refractivity contribution in [2.45, 2.75) is 32.3 Å². The largest absolute Gasteiger partial charge is 0.378 e. The van der Waals surface area contributed by atoms with Gasteiger partial charge in [-0.3, -0.25) is 0 Å². The van der Waals surface area contributed by atoms with E-state index in [9.17, 15) is 0 Å². The number of piperazine rings is 1. The molecule has 96 valence electrons. The molecule has 0 radical (unpaired) electrons. The molecular formula is C12H25ClN2O. The number of rotatable bonds is 3. The van der Waals surface area contributed by atoms with Gasteiger partial charge in [-0.15, -0.1) is 12.4 Å². The van der Waals surface area contributed by atoms with E-state index in [1.807, 2.05) is 0 Å². The fourth-order valence-electron chi connectivity index (χ4n) is 2.67. The van der Waals surface area contributed by atoms with E-state index in [1.165, 1.54) is 52.0 Å². The van der Waals surface area contributed by atoms with Crippen LogP contribution in [0.4, 0.5) is 0 Å². The minimum absolute atomic E-state index is 0. The van der Waals surface area contributed by atoms with E-state index in [-0.39, 0.29) is 12.4 Å². The minimum atomic E-state index is 0. The summed E-state index contributed by atoms with van der Waals surface area (Å²) in [6, 6.07) is 0. The lowest BCUT2D eigenvalue weighted by Gasteiger charge is -2.35. The number of hydrogen-bond acceptors (Lipinski definition) is 3. The standard InChI is InChI=1S/C12H24N2O.ClH/c1-2-12-9-11(3-8-15-12)10-14-6-4-13-5-7-14;/h11-13H,2-10H2,1H3;1H. The van der Waals surface area contributed by atoms with E-state index in [0.29, 0.717) is 6.10 Å². The van der Waals surface area contributed by atoms with Crippen LogP contribution >= 0.6 is 12.4 Å². The third kappa shape index (κ3) is 4.21. The molecule has 2 aliphatic heterocycles. The third-order valence-electron chi connectivity index (χ3n) is 3.66. The van der Waals surface area contributed by atoms with Crippen molar-refractivity contribution in [2.75, 3.05) is 39.3 Å². The first-order valence-corrected chi connectivity index (χ1v) is 6.43. The summed E-state index contributed by atoms with van der Waals surface area (Å²) in [6.45, 7) is 9.30. The van der Waals surface area contributed by atoms with Crippen molar-refractivity contribution in [3.63, 3.8) is 0 Å². The molecule has 2 rings (SSSR count). The first-order chi connectivity index (χ1) is 7.38. The van der Waals surface area contributed by atoms with Crippen molar-refractivity contribution >= 4 is 12.4 Å². The quantitative estimate of drug-likeness (QED) is 0.820. The van der Waals surface area contributed by atoms with Gasteiger partial charge in [0.15, 0.2) is 0 Å². The molecule has 1 N–H and O–H groups in total. The minimum Gasteiger partial charge on any atom is -0.378 e. The summed E-state index contributed by atoms with van der Waals surface area (Å²) in [5, 5.41) is 3.41. The Morgan fingerprint density at radius 3 is 2.75 bits per heavy atom. The zero-order valence-corrected chi connectivity index (χ0v) is 11.1. The molecule has 2 aliphatic rings. The number of nitrogens with zero attached hydrogens (tertiary/aromatic N) is 1. The van der Waals surface area contributed by atoms with E-state index in [4.69, 9.17) is 4.74 Å². The predicted molar refractivity (Wildman–Crippen MR) is 69.3 cm³/mol. The zero-order chi connectivity index (χ0) is 10.5. The highest BCUT2D eigenvalue weighted by Crippen LogP contribution is 2.22. The zero-order valence-electron chi connectivity index (χ0n) is 10.3. The summed E-state index contributed by atoms with van der Waals surface area (Å²) >= 11 is 0. The van der Waals surface area contributed by atoms with Crippen LogP contribution in [-0.2, 0) is 4.74 Å². The van der Waals surface area contributed by atoms with E-state index >= 15 is 0 Å². The van der Waals surface area contributed by atoms with Crippen molar-refractivity contribution in [1.29, 1.82) is 0 Å². The van der Waals surface area contributed by atoms with Gasteiger partial charge in [-0.1, -0.05) is 6.92 Å². The van der Waals surface area contributed by atoms with Crippen molar-refractivity contribution in [1.82, 2.24) is 10.2 Å². The molecule has 0 aromatic carbocycles. The molecule has 0 saturated carbocycles. The smallest absolute Gasteiger partial charge is 0.0575 e. The molecule has 0 aromatic heterocycles. The second-order valence-electron chi connectivity index (χ2n) is 4.84. The first-order valence-electron chi connectivity index (χ1n) is 6.43. The molecule has 2 atom stereocenters. The highest BCUT2D eigenvalue weighted by molar-refractivity contribution is 5.85. The molecule has 2 saturated heterocycles. The topological polar surface area (TPSA) is 24.5 Å². The Hall–Kier alpha value is 0.170. The van der Waals surface area contributed by atoms with Gasteiger partial charge < -0.3 is 15.0 Å². The van der Waals surface area contributed by atoms with Crippen LogP contribution in [0.25, 0.3) is 0 Å². The van der Waals surface area contributed by atoms with Crippen LogP contribution in [0.15, 0.2) is 0 Å². The molecule has 16 heavy (non-hydrogen) atoms. The van der Waals surface area contributed by atoms with Gasteiger partial charge in [0, 0.05) is 39.3 Å². The maximum atomic E-state index is 5.72. The lowest BCUT2D eigenvalue weighted by molar-refractivity contribution is -0.0183. The maximum absolute atomic E-state index is 5.72. The summed E-state index contributed by atoms with van der Waals surface area (Å²) < 4.78 is 5.72. The van der Waals surface area contributed by atoms with Gasteiger partial charge >= 0.3 is 0 Å². The summed E-state index contributed by atoms with van der Waals surface area (Å²) in [6.07, 6.45) is 4.26. The van der Waals surface area contributed by atoms with Gasteiger partial charge in [0.2, 0.25) is 0 Å². The highest BCUT2D eigenvalue weighted by Gasteiger charge is 2.23. The van der Waals surface area contributed by atoms with Gasteiger partial charge in [0.25, 0.3) is 0 Å². The van der Waals surface area contributed by atoms with Gasteiger partial charge in [0.1, 0.15) is 0 Å². The van der Waals surface area contributed by atoms with Crippen LogP contribution in [-0.4, -0.2) is 50.3 Å². The Labute approximate surface area is 105 Å². The molecule has 2 heterocycles. The molecule has 0 aromatic rings. The van der Waals surface area contributed by atoms with Crippen molar-refractivity contribution < 1.29 is 4.74 Å². The van der Waals surface area contributed by atoms with Crippen LogP contribution in [0.1, 0.15) is 26.2 Å². The number of halogens is 1. The van der Waals surface area contributed by atoms with Crippen molar-refractivity contribution in [2.24, 2.45) is 5.92 Å². The van der Waals surface area contributed by atoms with Crippen LogP contribution in [0, 0.1) is 5.92 Å². The summed E-state index contributed by atoms with van der Waals surface area (Å²) in [5.74, 6) is 0.877. The maximum Gasteiger partial charge on any atom is 0.0575 e. The molecule has 0 spiro atoms. The van der Waals surface area contributed by atoms with E-state index < -0.39 is 0 Å². The lowest BCUT2D eigenvalue weighted by Crippen LogP contribution is -2.46. The first kappa shape index (κ1) is 14.2. The Morgan fingerprint density at radius 2 is 2.06 bits per heavy atom. The fourth-order valence-corrected chi connectivity index (χ4v) is 2.67. The van der Waals surface area contributed by atoms with Crippen LogP contribution in [0.5, 0.6) is 0 Å². The average Bonchev–Trinajstić information content (AvgIpc) is 2.31. The molecule has 0 amide bonds. The Morgan fingerprint density at radius 1 is 1.31 bits per heavy atom. The Kier molecular flexibility index (Phi) is 6.66. The molecule has 2 unspecified atom stereocenters. The summed E-state index contributed by atoms with van der Waals surface area (Å²) in [7, 11) is 0. The predicted octanol–water partition coefficient (Wildman–Crippen LogP) is 1.52. The summed E-state index contributed by atoms with van der Waals surface area (Å²) in [4.78, 5) is 2.61. The number of nitrogens with one attached hydrogen (secondary N) is 1. The summed E-state index contributed by atoms with van der Waals surface area (Å²) in [5.41, 5.74) is 0. The lowest BCUT2D eigenvalue weighted by atomic mass is 9.93. The number of ether oxygens (including phenoxy) is 1. The van der Waals surface area contributed by atoms with E-state index in [2.05, 4.69) is 17.1 Å². The van der Waals surface area contributed by atoms with Crippen LogP contribution in [0.2, 0.25) is 0 Å². The molecule has 0 bridgehead atoms. The van der Waals surface area contributed by atoms with Gasteiger partial charge in [-0.2, -0.15) is 0 Å². The highest BCUT2D eigenvalue weighted by atomic mass is 35.5. The normalized spacial score (nSPS) is 32.1. The van der Waals surface area contributed by atoms with Crippen LogP contribution in [0.3, 0.4) is 0 Å². The molecule has 2 fully saturated rings. The fraction of sp³-hybridized carbons (Fsp3) is 1.00. The van der Waals surface area contributed by atoms with E-state index in [1.54, 1.807) is 0 Å². The number of hydrogen-bond donors (Lipinski definition) is 1. The molecule has 3 nitrogen and oxygen atoms in total.